The van der Waals surface area contributed by atoms with Crippen LogP contribution in [0.3, 0.4) is 0 Å². The summed E-state index contributed by atoms with van der Waals surface area (Å²) in [5.41, 5.74) is 2.42. The van der Waals surface area contributed by atoms with Crippen molar-refractivity contribution < 1.29 is 9.90 Å². The van der Waals surface area contributed by atoms with Gasteiger partial charge >= 0.3 is 5.97 Å². The smallest absolute Gasteiger partial charge is 0.335 e. The minimum atomic E-state index is -0.903. The van der Waals surface area contributed by atoms with Gasteiger partial charge in [-0.1, -0.05) is 12.1 Å². The molecule has 1 aliphatic rings. The lowest BCUT2D eigenvalue weighted by atomic mass is 9.80. The third kappa shape index (κ3) is 5.53. The second kappa shape index (κ2) is 8.64. The van der Waals surface area contributed by atoms with Crippen LogP contribution >= 0.6 is 11.3 Å². The molecular weight excluding hydrogens is 420 g/mol. The second-order valence-electron chi connectivity index (χ2n) is 9.85. The summed E-state index contributed by atoms with van der Waals surface area (Å²) in [6, 6.07) is 13.5. The molecule has 1 fully saturated rings. The molecule has 0 spiro atoms. The van der Waals surface area contributed by atoms with Crippen molar-refractivity contribution in [1.82, 2.24) is 15.3 Å². The van der Waals surface area contributed by atoms with Crippen LogP contribution in [-0.2, 0) is 6.42 Å². The molecule has 3 heterocycles. The maximum atomic E-state index is 11.0. The number of aromatic nitrogens is 2. The Balaban J connectivity index is 1.46. The van der Waals surface area contributed by atoms with Crippen molar-refractivity contribution in [1.29, 1.82) is 0 Å². The van der Waals surface area contributed by atoms with Gasteiger partial charge in [0.1, 0.15) is 0 Å². The van der Waals surface area contributed by atoms with Crippen LogP contribution in [-0.4, -0.2) is 38.2 Å². The molecule has 3 N–H and O–H groups in total. The highest BCUT2D eigenvalue weighted by atomic mass is 32.1. The molecule has 0 bridgehead atoms. The normalized spacial score (nSPS) is 17.8. The SMILES string of the molecule is CC1(C)CC(Nc2nccc(-c3ccc(Cc4ccc(C(=O)O)cc4)s3)n2)CC(C)(C)N1. The Morgan fingerprint density at radius 3 is 2.44 bits per heavy atom. The second-order valence-corrected chi connectivity index (χ2v) is 11.0. The van der Waals surface area contributed by atoms with Gasteiger partial charge in [0.25, 0.3) is 0 Å². The van der Waals surface area contributed by atoms with Crippen LogP contribution in [0, 0.1) is 0 Å². The predicted molar refractivity (Wildman–Crippen MR) is 129 cm³/mol. The molecule has 0 radical (unpaired) electrons. The number of hydrogen-bond donors (Lipinski definition) is 3. The molecule has 1 aromatic carbocycles. The molecule has 0 unspecified atom stereocenters. The number of anilines is 1. The lowest BCUT2D eigenvalue weighted by Crippen LogP contribution is -2.60. The Kier molecular flexibility index (Phi) is 6.05. The maximum Gasteiger partial charge on any atom is 0.335 e. The third-order valence-electron chi connectivity index (χ3n) is 5.67. The van der Waals surface area contributed by atoms with E-state index in [1.54, 1.807) is 23.5 Å². The summed E-state index contributed by atoms with van der Waals surface area (Å²) in [5.74, 6) is -0.236. The molecular formula is C25H30N4O2S. The van der Waals surface area contributed by atoms with E-state index in [4.69, 9.17) is 10.1 Å². The van der Waals surface area contributed by atoms with Crippen molar-refractivity contribution >= 4 is 23.3 Å². The summed E-state index contributed by atoms with van der Waals surface area (Å²) in [4.78, 5) is 22.6. The summed E-state index contributed by atoms with van der Waals surface area (Å²) in [6.07, 6.45) is 4.59. The zero-order chi connectivity index (χ0) is 22.9. The molecule has 6 nitrogen and oxygen atoms in total. The Labute approximate surface area is 193 Å². The van der Waals surface area contributed by atoms with Gasteiger partial charge in [-0.05, 0) is 76.4 Å². The Hall–Kier alpha value is -2.77. The molecule has 4 rings (SSSR count). The van der Waals surface area contributed by atoms with Gasteiger partial charge in [-0.2, -0.15) is 0 Å². The highest BCUT2D eigenvalue weighted by Crippen LogP contribution is 2.31. The van der Waals surface area contributed by atoms with E-state index in [1.165, 1.54) is 4.88 Å². The quantitative estimate of drug-likeness (QED) is 0.478. The topological polar surface area (TPSA) is 87.1 Å². The van der Waals surface area contributed by atoms with Crippen molar-refractivity contribution in [2.45, 2.75) is 64.1 Å². The number of piperidine rings is 1. The average molecular weight is 451 g/mol. The molecule has 0 saturated carbocycles. The highest BCUT2D eigenvalue weighted by molar-refractivity contribution is 7.15. The van der Waals surface area contributed by atoms with Crippen molar-refractivity contribution in [3.05, 3.63) is 64.7 Å². The Morgan fingerprint density at radius 1 is 1.09 bits per heavy atom. The zero-order valence-electron chi connectivity index (χ0n) is 19.0. The van der Waals surface area contributed by atoms with Gasteiger partial charge in [-0.25, -0.2) is 14.8 Å². The van der Waals surface area contributed by atoms with Gasteiger partial charge in [0.2, 0.25) is 5.95 Å². The molecule has 2 aromatic heterocycles. The fourth-order valence-corrected chi connectivity index (χ4v) is 5.76. The first-order valence-electron chi connectivity index (χ1n) is 10.9. The van der Waals surface area contributed by atoms with Crippen LogP contribution in [0.25, 0.3) is 10.6 Å². The minimum Gasteiger partial charge on any atom is -0.478 e. The van der Waals surface area contributed by atoms with Gasteiger partial charge in [-0.15, -0.1) is 11.3 Å². The first kappa shape index (κ1) is 22.4. The molecule has 168 valence electrons. The van der Waals surface area contributed by atoms with Crippen LogP contribution in [0.2, 0.25) is 0 Å². The summed E-state index contributed by atoms with van der Waals surface area (Å²) in [7, 11) is 0. The first-order chi connectivity index (χ1) is 15.1. The van der Waals surface area contributed by atoms with E-state index in [9.17, 15) is 4.79 Å². The van der Waals surface area contributed by atoms with Gasteiger partial charge in [0, 0.05) is 34.6 Å². The summed E-state index contributed by atoms with van der Waals surface area (Å²) in [5, 5.41) is 16.3. The van der Waals surface area contributed by atoms with Crippen molar-refractivity contribution in [2.75, 3.05) is 5.32 Å². The number of nitrogens with zero attached hydrogens (tertiary/aromatic N) is 2. The van der Waals surface area contributed by atoms with Gasteiger partial charge < -0.3 is 15.7 Å². The molecule has 7 heteroatoms. The van der Waals surface area contributed by atoms with Crippen molar-refractivity contribution in [3.63, 3.8) is 0 Å². The molecule has 3 aromatic rings. The number of nitrogens with one attached hydrogen (secondary N) is 2. The maximum absolute atomic E-state index is 11.0. The fourth-order valence-electron chi connectivity index (χ4n) is 4.75. The molecule has 32 heavy (non-hydrogen) atoms. The first-order valence-corrected chi connectivity index (χ1v) is 11.7. The van der Waals surface area contributed by atoms with E-state index in [-0.39, 0.29) is 11.1 Å². The highest BCUT2D eigenvalue weighted by Gasteiger charge is 2.37. The molecule has 1 saturated heterocycles. The fraction of sp³-hybridized carbons (Fsp3) is 0.400. The average Bonchev–Trinajstić information content (AvgIpc) is 3.14. The summed E-state index contributed by atoms with van der Waals surface area (Å²) >= 11 is 1.70. The van der Waals surface area contributed by atoms with Crippen LogP contribution in [0.4, 0.5) is 5.95 Å². The van der Waals surface area contributed by atoms with Crippen LogP contribution in [0.1, 0.15) is 61.3 Å². The largest absolute Gasteiger partial charge is 0.478 e. The van der Waals surface area contributed by atoms with Crippen LogP contribution in [0.15, 0.2) is 48.7 Å². The number of rotatable bonds is 6. The lowest BCUT2D eigenvalue weighted by molar-refractivity contribution is 0.0697. The number of aromatic carboxylic acids is 1. The van der Waals surface area contributed by atoms with Gasteiger partial charge in [0.15, 0.2) is 0 Å². The number of thiophene rings is 1. The van der Waals surface area contributed by atoms with Crippen molar-refractivity contribution in [2.24, 2.45) is 0 Å². The standard InChI is InChI=1S/C25H30N4O2S/c1-24(2)14-18(15-25(3,4)29-24)27-23-26-12-11-20(28-23)21-10-9-19(32-21)13-16-5-7-17(8-6-16)22(30)31/h5-12,18,29H,13-15H2,1-4H3,(H,30,31)(H,26,27,28). The van der Waals surface area contributed by atoms with Crippen LogP contribution < -0.4 is 10.6 Å². The van der Waals surface area contributed by atoms with E-state index in [0.29, 0.717) is 17.6 Å². The van der Waals surface area contributed by atoms with E-state index in [1.807, 2.05) is 24.4 Å². The van der Waals surface area contributed by atoms with E-state index < -0.39 is 5.97 Å². The van der Waals surface area contributed by atoms with Gasteiger partial charge in [0.05, 0.1) is 16.1 Å². The summed E-state index contributed by atoms with van der Waals surface area (Å²) < 4.78 is 0. The van der Waals surface area contributed by atoms with E-state index in [2.05, 4.69) is 55.4 Å². The summed E-state index contributed by atoms with van der Waals surface area (Å²) in [6.45, 7) is 8.95. The van der Waals surface area contributed by atoms with E-state index >= 15 is 0 Å². The van der Waals surface area contributed by atoms with Gasteiger partial charge in [-0.3, -0.25) is 0 Å². The molecule has 0 atom stereocenters. The van der Waals surface area contributed by atoms with E-state index in [0.717, 1.165) is 35.4 Å². The monoisotopic (exact) mass is 450 g/mol. The number of carbonyl (C=O) groups is 1. The molecule has 1 aliphatic heterocycles. The van der Waals surface area contributed by atoms with Crippen molar-refractivity contribution in [3.8, 4) is 10.6 Å². The minimum absolute atomic E-state index is 0.0579. The number of benzene rings is 1. The Bertz CT molecular complexity index is 1090. The predicted octanol–water partition coefficient (Wildman–Crippen LogP) is 5.22. The zero-order valence-corrected chi connectivity index (χ0v) is 19.8. The number of carboxylic acid groups (broad SMARTS) is 1. The number of hydrogen-bond acceptors (Lipinski definition) is 6. The molecule has 0 amide bonds. The Morgan fingerprint density at radius 2 is 1.78 bits per heavy atom. The number of carboxylic acids is 1. The van der Waals surface area contributed by atoms with Crippen LogP contribution in [0.5, 0.6) is 0 Å². The lowest BCUT2D eigenvalue weighted by Gasteiger charge is -2.46. The molecule has 0 aliphatic carbocycles. The third-order valence-corrected chi connectivity index (χ3v) is 6.78.